The molecular weight excluding hydrogens is 188 g/mol. The van der Waals surface area contributed by atoms with Crippen LogP contribution < -0.4 is 5.73 Å². The summed E-state index contributed by atoms with van der Waals surface area (Å²) < 4.78 is 2.01. The molecule has 0 bridgehead atoms. The van der Waals surface area contributed by atoms with Crippen molar-refractivity contribution in [1.29, 1.82) is 0 Å². The van der Waals surface area contributed by atoms with Gasteiger partial charge < -0.3 is 5.73 Å². The Hall–Kier alpha value is -0.900. The molecule has 0 aliphatic rings. The van der Waals surface area contributed by atoms with Crippen molar-refractivity contribution >= 4 is 0 Å². The molecule has 0 saturated heterocycles. The molecule has 0 amide bonds. The number of hydrogen-bond acceptors (Lipinski definition) is 3. The highest BCUT2D eigenvalue weighted by molar-refractivity contribution is 4.85. The quantitative estimate of drug-likeness (QED) is 0.773. The highest BCUT2D eigenvalue weighted by atomic mass is 15.3. The molecule has 86 valence electrons. The second kappa shape index (κ2) is 5.85. The number of aromatic nitrogens is 3. The van der Waals surface area contributed by atoms with E-state index in [4.69, 9.17) is 5.73 Å². The van der Waals surface area contributed by atoms with Gasteiger partial charge in [0.15, 0.2) is 0 Å². The van der Waals surface area contributed by atoms with Crippen LogP contribution in [0.25, 0.3) is 0 Å². The maximum atomic E-state index is 5.59. The van der Waals surface area contributed by atoms with Crippen LogP contribution in [0.1, 0.15) is 33.0 Å². The monoisotopic (exact) mass is 210 g/mol. The topological polar surface area (TPSA) is 56.7 Å². The van der Waals surface area contributed by atoms with Gasteiger partial charge in [-0.25, -0.2) is 9.67 Å². The van der Waals surface area contributed by atoms with E-state index < -0.39 is 0 Å². The van der Waals surface area contributed by atoms with E-state index >= 15 is 0 Å². The highest BCUT2D eigenvalue weighted by Gasteiger charge is 2.07. The van der Waals surface area contributed by atoms with Gasteiger partial charge in [0.2, 0.25) is 0 Å². The second-order valence-electron chi connectivity index (χ2n) is 4.63. The molecule has 2 N–H and O–H groups in total. The van der Waals surface area contributed by atoms with E-state index in [1.165, 1.54) is 0 Å². The van der Waals surface area contributed by atoms with Crippen LogP contribution >= 0.6 is 0 Å². The maximum absolute atomic E-state index is 5.59. The molecule has 1 aromatic rings. The average molecular weight is 210 g/mol. The first-order valence-corrected chi connectivity index (χ1v) is 5.70. The van der Waals surface area contributed by atoms with Crippen molar-refractivity contribution in [2.75, 3.05) is 6.54 Å². The van der Waals surface area contributed by atoms with Crippen molar-refractivity contribution in [2.24, 2.45) is 17.6 Å². The zero-order valence-electron chi connectivity index (χ0n) is 9.98. The van der Waals surface area contributed by atoms with E-state index in [1.54, 1.807) is 6.33 Å². The van der Waals surface area contributed by atoms with Gasteiger partial charge in [0.1, 0.15) is 12.2 Å². The predicted octanol–water partition coefficient (Wildman–Crippen LogP) is 1.46. The molecule has 1 heterocycles. The lowest BCUT2D eigenvalue weighted by molar-refractivity contribution is 0.452. The molecule has 15 heavy (non-hydrogen) atoms. The Morgan fingerprint density at radius 2 is 2.13 bits per heavy atom. The summed E-state index contributed by atoms with van der Waals surface area (Å²) >= 11 is 0. The zero-order chi connectivity index (χ0) is 11.3. The molecule has 1 atom stereocenters. The van der Waals surface area contributed by atoms with Crippen LogP contribution in [0.3, 0.4) is 0 Å². The fourth-order valence-electron chi connectivity index (χ4n) is 1.47. The van der Waals surface area contributed by atoms with Crippen LogP contribution in [0, 0.1) is 11.8 Å². The first kappa shape index (κ1) is 12.2. The van der Waals surface area contributed by atoms with Gasteiger partial charge in [0.25, 0.3) is 0 Å². The summed E-state index contributed by atoms with van der Waals surface area (Å²) in [6.07, 6.45) is 3.71. The summed E-state index contributed by atoms with van der Waals surface area (Å²) in [7, 11) is 0. The Bertz CT molecular complexity index is 280. The number of nitrogens with zero attached hydrogens (tertiary/aromatic N) is 3. The first-order chi connectivity index (χ1) is 7.13. The average Bonchev–Trinajstić information content (AvgIpc) is 2.61. The van der Waals surface area contributed by atoms with E-state index in [1.807, 2.05) is 4.68 Å². The molecule has 1 rings (SSSR count). The summed E-state index contributed by atoms with van der Waals surface area (Å²) in [6.45, 7) is 8.25. The largest absolute Gasteiger partial charge is 0.330 e. The van der Waals surface area contributed by atoms with Gasteiger partial charge in [-0.05, 0) is 24.8 Å². The fourth-order valence-corrected chi connectivity index (χ4v) is 1.47. The SMILES string of the molecule is CC(C)Cn1ncnc1CCC(C)CN. The second-order valence-corrected chi connectivity index (χ2v) is 4.63. The highest BCUT2D eigenvalue weighted by Crippen LogP contribution is 2.07. The van der Waals surface area contributed by atoms with Crippen LogP contribution in [-0.4, -0.2) is 21.3 Å². The third-order valence-corrected chi connectivity index (χ3v) is 2.50. The zero-order valence-corrected chi connectivity index (χ0v) is 9.98. The van der Waals surface area contributed by atoms with Crippen LogP contribution in [-0.2, 0) is 13.0 Å². The van der Waals surface area contributed by atoms with Crippen LogP contribution in [0.4, 0.5) is 0 Å². The predicted molar refractivity (Wildman–Crippen MR) is 61.4 cm³/mol. The Morgan fingerprint density at radius 1 is 1.40 bits per heavy atom. The molecular formula is C11H22N4. The number of aryl methyl sites for hydroxylation is 1. The van der Waals surface area contributed by atoms with Gasteiger partial charge in [0.05, 0.1) is 0 Å². The molecule has 4 nitrogen and oxygen atoms in total. The third-order valence-electron chi connectivity index (χ3n) is 2.50. The van der Waals surface area contributed by atoms with Crippen LogP contribution in [0.5, 0.6) is 0 Å². The van der Waals surface area contributed by atoms with Gasteiger partial charge in [-0.2, -0.15) is 5.10 Å². The summed E-state index contributed by atoms with van der Waals surface area (Å²) in [5.74, 6) is 2.26. The van der Waals surface area contributed by atoms with Crippen molar-refractivity contribution in [3.8, 4) is 0 Å². The molecule has 1 unspecified atom stereocenters. The van der Waals surface area contributed by atoms with Crippen LogP contribution in [0.15, 0.2) is 6.33 Å². The molecule has 0 aliphatic heterocycles. The van der Waals surface area contributed by atoms with E-state index in [0.717, 1.165) is 31.8 Å². The standard InChI is InChI=1S/C11H22N4/c1-9(2)7-15-11(13-8-14-15)5-4-10(3)6-12/h8-10H,4-7,12H2,1-3H3. The molecule has 0 aliphatic carbocycles. The number of nitrogens with two attached hydrogens (primary N) is 1. The van der Waals surface area contributed by atoms with E-state index in [0.29, 0.717) is 11.8 Å². The Balaban J connectivity index is 2.49. The van der Waals surface area contributed by atoms with Gasteiger partial charge >= 0.3 is 0 Å². The Kier molecular flexibility index (Phi) is 4.75. The van der Waals surface area contributed by atoms with E-state index in [2.05, 4.69) is 30.9 Å². The molecule has 1 aromatic heterocycles. The molecule has 0 saturated carbocycles. The minimum absolute atomic E-state index is 0.564. The van der Waals surface area contributed by atoms with Crippen molar-refractivity contribution in [3.63, 3.8) is 0 Å². The van der Waals surface area contributed by atoms with Crippen molar-refractivity contribution in [1.82, 2.24) is 14.8 Å². The number of hydrogen-bond donors (Lipinski definition) is 1. The summed E-state index contributed by atoms with van der Waals surface area (Å²) in [4.78, 5) is 4.29. The van der Waals surface area contributed by atoms with Crippen LogP contribution in [0.2, 0.25) is 0 Å². The summed E-state index contributed by atoms with van der Waals surface area (Å²) in [5.41, 5.74) is 5.59. The minimum atomic E-state index is 0.564. The Labute approximate surface area is 91.9 Å². The first-order valence-electron chi connectivity index (χ1n) is 5.70. The Morgan fingerprint density at radius 3 is 2.73 bits per heavy atom. The summed E-state index contributed by atoms with van der Waals surface area (Å²) in [6, 6.07) is 0. The smallest absolute Gasteiger partial charge is 0.138 e. The molecule has 0 spiro atoms. The normalized spacial score (nSPS) is 13.4. The van der Waals surface area contributed by atoms with E-state index in [-0.39, 0.29) is 0 Å². The fraction of sp³-hybridized carbons (Fsp3) is 0.818. The van der Waals surface area contributed by atoms with Crippen molar-refractivity contribution in [2.45, 2.75) is 40.2 Å². The molecule has 0 fully saturated rings. The lowest BCUT2D eigenvalue weighted by Gasteiger charge is -2.10. The van der Waals surface area contributed by atoms with Crippen molar-refractivity contribution in [3.05, 3.63) is 12.2 Å². The molecule has 4 heteroatoms. The molecule has 0 aromatic carbocycles. The van der Waals surface area contributed by atoms with E-state index in [9.17, 15) is 0 Å². The lowest BCUT2D eigenvalue weighted by Crippen LogP contribution is -2.14. The van der Waals surface area contributed by atoms with Gasteiger partial charge in [-0.15, -0.1) is 0 Å². The summed E-state index contributed by atoms with van der Waals surface area (Å²) in [5, 5.41) is 4.23. The van der Waals surface area contributed by atoms with Gasteiger partial charge in [0, 0.05) is 13.0 Å². The third kappa shape index (κ3) is 4.00. The number of rotatable bonds is 6. The van der Waals surface area contributed by atoms with Gasteiger partial charge in [-0.3, -0.25) is 0 Å². The minimum Gasteiger partial charge on any atom is -0.330 e. The van der Waals surface area contributed by atoms with Crippen molar-refractivity contribution < 1.29 is 0 Å². The van der Waals surface area contributed by atoms with Gasteiger partial charge in [-0.1, -0.05) is 20.8 Å². The lowest BCUT2D eigenvalue weighted by atomic mass is 10.1. The maximum Gasteiger partial charge on any atom is 0.138 e. The molecule has 0 radical (unpaired) electrons.